The lowest BCUT2D eigenvalue weighted by Crippen LogP contribution is -2.32. The molecule has 2 aromatic carbocycles. The number of hydrogen-bond donors (Lipinski definition) is 3. The van der Waals surface area contributed by atoms with E-state index in [0.717, 1.165) is 27.9 Å². The van der Waals surface area contributed by atoms with Crippen LogP contribution in [0.2, 0.25) is 0 Å². The second-order valence-corrected chi connectivity index (χ2v) is 10.1. The van der Waals surface area contributed by atoms with Gasteiger partial charge in [0.2, 0.25) is 10.0 Å². The molecule has 1 aliphatic carbocycles. The van der Waals surface area contributed by atoms with E-state index in [4.69, 9.17) is 9.84 Å². The number of rotatable bonds is 8. The highest BCUT2D eigenvalue weighted by atomic mass is 32.2. The number of carboxylic acids is 1. The number of nitrogens with one attached hydrogen (secondary N) is 2. The highest BCUT2D eigenvalue weighted by Gasteiger charge is 2.29. The fraction of sp³-hybridized carbons (Fsp3) is 0.292. The van der Waals surface area contributed by atoms with Crippen LogP contribution in [0.4, 0.5) is 0 Å². The standard InChI is InChI=1S/C24H24N4O5S/c1-14(2)33-22-9-6-15(10-16(22)11-25)24-26-12-21(27-24)19-5-3-4-18-17(19)7-8-20(18)28-34(31,32)13-23(29)30/h3-6,9-10,12,14,20,28H,7-8,13H2,1-2H3,(H,26,27)(H,29,30). The molecule has 1 aliphatic rings. The van der Waals surface area contributed by atoms with Gasteiger partial charge in [-0.15, -0.1) is 0 Å². The molecule has 0 bridgehead atoms. The molecule has 0 saturated carbocycles. The zero-order chi connectivity index (χ0) is 24.5. The predicted octanol–water partition coefficient (Wildman–Crippen LogP) is 3.39. The number of carboxylic acid groups (broad SMARTS) is 1. The fourth-order valence-electron chi connectivity index (χ4n) is 4.18. The summed E-state index contributed by atoms with van der Waals surface area (Å²) in [4.78, 5) is 18.6. The number of fused-ring (bicyclic) bond motifs is 1. The number of aromatic nitrogens is 2. The maximum absolute atomic E-state index is 12.1. The van der Waals surface area contributed by atoms with Gasteiger partial charge in [-0.1, -0.05) is 18.2 Å². The minimum atomic E-state index is -3.94. The number of ether oxygens (including phenoxy) is 1. The van der Waals surface area contributed by atoms with Crippen molar-refractivity contribution < 1.29 is 23.1 Å². The molecule has 176 valence electrons. The van der Waals surface area contributed by atoms with E-state index in [1.54, 1.807) is 18.3 Å². The highest BCUT2D eigenvalue weighted by Crippen LogP contribution is 2.38. The molecule has 1 aromatic heterocycles. The summed E-state index contributed by atoms with van der Waals surface area (Å²) >= 11 is 0. The Morgan fingerprint density at radius 2 is 2.15 bits per heavy atom. The van der Waals surface area contributed by atoms with Crippen LogP contribution in [0.1, 0.15) is 43.0 Å². The summed E-state index contributed by atoms with van der Waals surface area (Å²) in [5.74, 6) is -1.25. The molecule has 0 saturated heterocycles. The maximum Gasteiger partial charge on any atom is 0.320 e. The van der Waals surface area contributed by atoms with E-state index in [1.807, 2.05) is 38.1 Å². The first kappa shape index (κ1) is 23.5. The summed E-state index contributed by atoms with van der Waals surface area (Å²) in [5.41, 5.74) is 4.63. The molecule has 4 rings (SSSR count). The molecule has 0 radical (unpaired) electrons. The van der Waals surface area contributed by atoms with E-state index in [1.165, 1.54) is 0 Å². The predicted molar refractivity (Wildman–Crippen MR) is 126 cm³/mol. The molecule has 1 atom stereocenters. The van der Waals surface area contributed by atoms with Crippen LogP contribution < -0.4 is 9.46 Å². The van der Waals surface area contributed by atoms with Crippen molar-refractivity contribution in [2.75, 3.05) is 5.75 Å². The monoisotopic (exact) mass is 480 g/mol. The molecule has 3 aromatic rings. The number of carbonyl (C=O) groups is 1. The number of aromatic amines is 1. The van der Waals surface area contributed by atoms with Gasteiger partial charge in [-0.3, -0.25) is 4.79 Å². The van der Waals surface area contributed by atoms with Crippen molar-refractivity contribution in [3.63, 3.8) is 0 Å². The molecule has 1 heterocycles. The van der Waals surface area contributed by atoms with Gasteiger partial charge < -0.3 is 14.8 Å². The van der Waals surface area contributed by atoms with Crippen LogP contribution >= 0.6 is 0 Å². The molecule has 10 heteroatoms. The number of H-pyrrole nitrogens is 1. The second kappa shape index (κ2) is 9.29. The first-order chi connectivity index (χ1) is 16.2. The smallest absolute Gasteiger partial charge is 0.320 e. The zero-order valence-electron chi connectivity index (χ0n) is 18.7. The Bertz CT molecular complexity index is 1390. The number of imidazole rings is 1. The third-order valence-corrected chi connectivity index (χ3v) is 6.78. The quantitative estimate of drug-likeness (QED) is 0.448. The summed E-state index contributed by atoms with van der Waals surface area (Å²) in [7, 11) is -3.94. The van der Waals surface area contributed by atoms with Gasteiger partial charge in [-0.2, -0.15) is 5.26 Å². The van der Waals surface area contributed by atoms with Gasteiger partial charge in [-0.05, 0) is 56.0 Å². The first-order valence-corrected chi connectivity index (χ1v) is 12.4. The van der Waals surface area contributed by atoms with E-state index in [9.17, 15) is 18.5 Å². The van der Waals surface area contributed by atoms with Gasteiger partial charge >= 0.3 is 5.97 Å². The molecule has 0 spiro atoms. The van der Waals surface area contributed by atoms with Gasteiger partial charge in [0, 0.05) is 17.2 Å². The molecule has 0 fully saturated rings. The normalized spacial score (nSPS) is 15.2. The average molecular weight is 481 g/mol. The van der Waals surface area contributed by atoms with Crippen LogP contribution in [0.5, 0.6) is 5.75 Å². The van der Waals surface area contributed by atoms with Crippen molar-refractivity contribution >= 4 is 16.0 Å². The average Bonchev–Trinajstić information content (AvgIpc) is 3.40. The molecule has 3 N–H and O–H groups in total. The summed E-state index contributed by atoms with van der Waals surface area (Å²) in [6.07, 6.45) is 2.83. The summed E-state index contributed by atoms with van der Waals surface area (Å²) in [5, 5.41) is 18.3. The Labute approximate surface area is 197 Å². The Morgan fingerprint density at radius 1 is 1.35 bits per heavy atom. The van der Waals surface area contributed by atoms with Crippen LogP contribution in [0.3, 0.4) is 0 Å². The second-order valence-electron chi connectivity index (χ2n) is 8.37. The highest BCUT2D eigenvalue weighted by molar-refractivity contribution is 7.90. The molecule has 1 unspecified atom stereocenters. The number of benzene rings is 2. The van der Waals surface area contributed by atoms with Gasteiger partial charge in [-0.25, -0.2) is 18.1 Å². The van der Waals surface area contributed by atoms with Crippen molar-refractivity contribution in [2.24, 2.45) is 0 Å². The zero-order valence-corrected chi connectivity index (χ0v) is 19.5. The van der Waals surface area contributed by atoms with E-state index in [2.05, 4.69) is 20.8 Å². The van der Waals surface area contributed by atoms with Crippen LogP contribution in [-0.4, -0.2) is 41.3 Å². The number of aliphatic carboxylic acids is 1. The van der Waals surface area contributed by atoms with Crippen molar-refractivity contribution in [1.82, 2.24) is 14.7 Å². The minimum Gasteiger partial charge on any atom is -0.490 e. The topological polar surface area (TPSA) is 145 Å². The van der Waals surface area contributed by atoms with E-state index in [-0.39, 0.29) is 6.10 Å². The maximum atomic E-state index is 12.1. The van der Waals surface area contributed by atoms with E-state index >= 15 is 0 Å². The van der Waals surface area contributed by atoms with Crippen molar-refractivity contribution in [1.29, 1.82) is 5.26 Å². The Balaban J connectivity index is 1.62. The van der Waals surface area contributed by atoms with Crippen molar-refractivity contribution in [3.8, 4) is 34.5 Å². The lowest BCUT2D eigenvalue weighted by molar-refractivity contribution is -0.134. The minimum absolute atomic E-state index is 0.0502. The van der Waals surface area contributed by atoms with Gasteiger partial charge in [0.25, 0.3) is 0 Å². The Morgan fingerprint density at radius 3 is 2.85 bits per heavy atom. The molecule has 0 aliphatic heterocycles. The molecule has 9 nitrogen and oxygen atoms in total. The van der Waals surface area contributed by atoms with Crippen LogP contribution in [-0.2, 0) is 21.2 Å². The summed E-state index contributed by atoms with van der Waals surface area (Å²) in [6, 6.07) is 12.6. The van der Waals surface area contributed by atoms with Gasteiger partial charge in [0.05, 0.1) is 23.6 Å². The van der Waals surface area contributed by atoms with E-state index in [0.29, 0.717) is 30.0 Å². The third-order valence-electron chi connectivity index (χ3n) is 5.51. The first-order valence-electron chi connectivity index (χ1n) is 10.8. The van der Waals surface area contributed by atoms with Gasteiger partial charge in [0.15, 0.2) is 5.75 Å². The number of hydrogen-bond acceptors (Lipinski definition) is 6. The summed E-state index contributed by atoms with van der Waals surface area (Å²) in [6.45, 7) is 3.79. The van der Waals surface area contributed by atoms with Crippen molar-refractivity contribution in [2.45, 2.75) is 38.8 Å². The van der Waals surface area contributed by atoms with Crippen LogP contribution in [0.15, 0.2) is 42.6 Å². The SMILES string of the molecule is CC(C)Oc1ccc(-c2ncc(-c3cccc4c3CCC4NS(=O)(=O)CC(=O)O)[nH]2)cc1C#N. The number of sulfonamides is 1. The molecule has 34 heavy (non-hydrogen) atoms. The molecular weight excluding hydrogens is 456 g/mol. The number of nitrogens with zero attached hydrogens (tertiary/aromatic N) is 2. The lowest BCUT2D eigenvalue weighted by Gasteiger charge is -2.14. The van der Waals surface area contributed by atoms with Gasteiger partial charge in [0.1, 0.15) is 17.6 Å². The van der Waals surface area contributed by atoms with Crippen molar-refractivity contribution in [3.05, 3.63) is 59.3 Å². The Kier molecular flexibility index (Phi) is 6.41. The molecular formula is C24H24N4O5S. The lowest BCUT2D eigenvalue weighted by atomic mass is 10.0. The Hall–Kier alpha value is -3.68. The van der Waals surface area contributed by atoms with Crippen LogP contribution in [0.25, 0.3) is 22.6 Å². The fourth-order valence-corrected chi connectivity index (χ4v) is 5.26. The van der Waals surface area contributed by atoms with Crippen LogP contribution in [0, 0.1) is 11.3 Å². The van der Waals surface area contributed by atoms with E-state index < -0.39 is 27.8 Å². The number of nitriles is 1. The largest absolute Gasteiger partial charge is 0.490 e. The molecule has 0 amide bonds. The summed E-state index contributed by atoms with van der Waals surface area (Å²) < 4.78 is 32.4. The third kappa shape index (κ3) is 4.95.